The average molecular weight is 386 g/mol. The van der Waals surface area contributed by atoms with E-state index in [2.05, 4.69) is 5.10 Å². The molecule has 0 N–H and O–H groups in total. The van der Waals surface area contributed by atoms with Crippen LogP contribution in [0.15, 0.2) is 60.7 Å². The molecule has 2 aromatic carbocycles. The van der Waals surface area contributed by atoms with Crippen LogP contribution in [-0.4, -0.2) is 38.7 Å². The van der Waals surface area contributed by atoms with Gasteiger partial charge in [0.2, 0.25) is 5.82 Å². The standard InChI is InChI=1S/C24H26N4O/c29-24(27-16-15-18-9-7-8-12-20(18)17-27)22-25-23(19-10-3-1-4-11-19)28(26-22)21-13-5-2-6-14-21/h1-6,10-11,13-14,18,20H,7-9,12,15-17H2/t18-,20-/m0/s1. The molecule has 1 aliphatic carbocycles. The van der Waals surface area contributed by atoms with Gasteiger partial charge in [-0.05, 0) is 36.8 Å². The number of aromatic nitrogens is 3. The van der Waals surface area contributed by atoms with Crippen molar-refractivity contribution in [3.8, 4) is 17.1 Å². The van der Waals surface area contributed by atoms with Crippen molar-refractivity contribution < 1.29 is 4.79 Å². The summed E-state index contributed by atoms with van der Waals surface area (Å²) < 4.78 is 1.79. The molecule has 5 rings (SSSR count). The number of amides is 1. The number of carbonyl (C=O) groups is 1. The molecule has 1 saturated heterocycles. The molecule has 29 heavy (non-hydrogen) atoms. The van der Waals surface area contributed by atoms with Gasteiger partial charge < -0.3 is 4.90 Å². The number of fused-ring (bicyclic) bond motifs is 1. The molecule has 0 unspecified atom stereocenters. The lowest BCUT2D eigenvalue weighted by molar-refractivity contribution is 0.0510. The number of piperidine rings is 1. The maximum Gasteiger partial charge on any atom is 0.293 e. The lowest BCUT2D eigenvalue weighted by atomic mass is 9.75. The minimum atomic E-state index is -0.0408. The summed E-state index contributed by atoms with van der Waals surface area (Å²) in [6.45, 7) is 1.67. The average Bonchev–Trinajstić information content (AvgIpc) is 3.25. The van der Waals surface area contributed by atoms with E-state index in [9.17, 15) is 4.79 Å². The fourth-order valence-corrected chi connectivity index (χ4v) is 4.85. The van der Waals surface area contributed by atoms with Gasteiger partial charge in [0.15, 0.2) is 5.82 Å². The predicted octanol–water partition coefficient (Wildman–Crippen LogP) is 4.59. The number of hydrogen-bond acceptors (Lipinski definition) is 3. The Kier molecular flexibility index (Phi) is 4.88. The van der Waals surface area contributed by atoms with Crippen LogP contribution in [0.4, 0.5) is 0 Å². The number of benzene rings is 2. The normalized spacial score (nSPS) is 21.6. The Morgan fingerprint density at radius 2 is 1.55 bits per heavy atom. The van der Waals surface area contributed by atoms with Gasteiger partial charge in [0.25, 0.3) is 5.91 Å². The van der Waals surface area contributed by atoms with E-state index in [0.29, 0.717) is 17.6 Å². The monoisotopic (exact) mass is 386 g/mol. The number of rotatable bonds is 3. The molecule has 2 atom stereocenters. The Hall–Kier alpha value is -2.95. The zero-order chi connectivity index (χ0) is 19.6. The number of carbonyl (C=O) groups excluding carboxylic acids is 1. The summed E-state index contributed by atoms with van der Waals surface area (Å²) in [5.74, 6) is 2.39. The lowest BCUT2D eigenvalue weighted by Crippen LogP contribution is -2.45. The van der Waals surface area contributed by atoms with E-state index in [-0.39, 0.29) is 5.91 Å². The maximum absolute atomic E-state index is 13.3. The summed E-state index contributed by atoms with van der Waals surface area (Å²) in [6, 6.07) is 19.9. The van der Waals surface area contributed by atoms with Crippen LogP contribution in [0.5, 0.6) is 0 Å². The van der Waals surface area contributed by atoms with Gasteiger partial charge in [0.1, 0.15) is 0 Å². The maximum atomic E-state index is 13.3. The van der Waals surface area contributed by atoms with Crippen molar-refractivity contribution in [2.45, 2.75) is 32.1 Å². The van der Waals surface area contributed by atoms with Crippen LogP contribution in [0.25, 0.3) is 17.1 Å². The number of nitrogens with zero attached hydrogens (tertiary/aromatic N) is 4. The van der Waals surface area contributed by atoms with Gasteiger partial charge in [-0.3, -0.25) is 4.79 Å². The van der Waals surface area contributed by atoms with Gasteiger partial charge in [-0.2, -0.15) is 0 Å². The van der Waals surface area contributed by atoms with Gasteiger partial charge >= 0.3 is 0 Å². The summed E-state index contributed by atoms with van der Waals surface area (Å²) >= 11 is 0. The third-order valence-corrected chi connectivity index (χ3v) is 6.41. The zero-order valence-electron chi connectivity index (χ0n) is 16.6. The van der Waals surface area contributed by atoms with Crippen molar-refractivity contribution in [1.29, 1.82) is 0 Å². The van der Waals surface area contributed by atoms with Crippen molar-refractivity contribution in [2.75, 3.05) is 13.1 Å². The highest BCUT2D eigenvalue weighted by molar-refractivity contribution is 5.91. The highest BCUT2D eigenvalue weighted by atomic mass is 16.2. The number of para-hydroxylation sites is 1. The van der Waals surface area contributed by atoms with Crippen LogP contribution >= 0.6 is 0 Å². The van der Waals surface area contributed by atoms with Gasteiger partial charge in [-0.1, -0.05) is 67.8 Å². The van der Waals surface area contributed by atoms with E-state index < -0.39 is 0 Å². The minimum Gasteiger partial charge on any atom is -0.336 e. The quantitative estimate of drug-likeness (QED) is 0.662. The zero-order valence-corrected chi connectivity index (χ0v) is 16.6. The second-order valence-electron chi connectivity index (χ2n) is 8.22. The van der Waals surface area contributed by atoms with E-state index in [1.165, 1.54) is 25.7 Å². The van der Waals surface area contributed by atoms with E-state index in [1.807, 2.05) is 65.6 Å². The second kappa shape index (κ2) is 7.82. The summed E-state index contributed by atoms with van der Waals surface area (Å²) in [6.07, 6.45) is 6.32. The lowest BCUT2D eigenvalue weighted by Gasteiger charge is -2.40. The molecule has 5 nitrogen and oxygen atoms in total. The first-order valence-electron chi connectivity index (χ1n) is 10.7. The van der Waals surface area contributed by atoms with Gasteiger partial charge in [0, 0.05) is 18.7 Å². The predicted molar refractivity (Wildman–Crippen MR) is 113 cm³/mol. The van der Waals surface area contributed by atoms with Crippen LogP contribution in [0.3, 0.4) is 0 Å². The van der Waals surface area contributed by atoms with Gasteiger partial charge in [-0.15, -0.1) is 5.10 Å². The smallest absolute Gasteiger partial charge is 0.293 e. The molecule has 2 aliphatic rings. The molecule has 1 saturated carbocycles. The molecule has 2 fully saturated rings. The first kappa shape index (κ1) is 18.1. The summed E-state index contributed by atoms with van der Waals surface area (Å²) in [7, 11) is 0. The van der Waals surface area contributed by atoms with Crippen molar-refractivity contribution in [3.05, 3.63) is 66.5 Å². The van der Waals surface area contributed by atoms with Crippen LogP contribution < -0.4 is 0 Å². The number of likely N-dealkylation sites (tertiary alicyclic amines) is 1. The molecule has 0 spiro atoms. The highest BCUT2D eigenvalue weighted by Gasteiger charge is 2.34. The summed E-state index contributed by atoms with van der Waals surface area (Å²) in [4.78, 5) is 20.0. The van der Waals surface area contributed by atoms with Crippen LogP contribution in [-0.2, 0) is 0 Å². The van der Waals surface area contributed by atoms with E-state index in [1.54, 1.807) is 4.68 Å². The molecule has 1 aromatic heterocycles. The van der Waals surface area contributed by atoms with Crippen molar-refractivity contribution in [1.82, 2.24) is 19.7 Å². The summed E-state index contributed by atoms with van der Waals surface area (Å²) in [5.41, 5.74) is 1.86. The molecule has 5 heteroatoms. The Labute approximate surface area is 171 Å². The van der Waals surface area contributed by atoms with Crippen LogP contribution in [0, 0.1) is 11.8 Å². The second-order valence-corrected chi connectivity index (χ2v) is 8.22. The third-order valence-electron chi connectivity index (χ3n) is 6.41. The fraction of sp³-hybridized carbons (Fsp3) is 0.375. The largest absolute Gasteiger partial charge is 0.336 e. The molecular formula is C24H26N4O. The van der Waals surface area contributed by atoms with E-state index >= 15 is 0 Å². The van der Waals surface area contributed by atoms with Crippen molar-refractivity contribution in [3.63, 3.8) is 0 Å². The highest BCUT2D eigenvalue weighted by Crippen LogP contribution is 2.36. The van der Waals surface area contributed by atoms with Crippen molar-refractivity contribution >= 4 is 5.91 Å². The molecule has 148 valence electrons. The Balaban J connectivity index is 1.47. The molecule has 3 aromatic rings. The first-order chi connectivity index (χ1) is 14.3. The Bertz CT molecular complexity index is 926. The third kappa shape index (κ3) is 3.57. The van der Waals surface area contributed by atoms with Crippen molar-refractivity contribution in [2.24, 2.45) is 11.8 Å². The number of hydrogen-bond donors (Lipinski definition) is 0. The Morgan fingerprint density at radius 3 is 2.31 bits per heavy atom. The first-order valence-corrected chi connectivity index (χ1v) is 10.7. The molecular weight excluding hydrogens is 360 g/mol. The molecule has 1 amide bonds. The van der Waals surface area contributed by atoms with Crippen LogP contribution in [0.1, 0.15) is 42.7 Å². The molecule has 1 aliphatic heterocycles. The SMILES string of the molecule is O=C(c1nc(-c2ccccc2)n(-c2ccccc2)n1)N1CC[C@@H]2CCCC[C@H]2C1. The Morgan fingerprint density at radius 1 is 0.862 bits per heavy atom. The van der Waals surface area contributed by atoms with Crippen LogP contribution in [0.2, 0.25) is 0 Å². The van der Waals surface area contributed by atoms with E-state index in [0.717, 1.165) is 36.7 Å². The van der Waals surface area contributed by atoms with Gasteiger partial charge in [0.05, 0.1) is 5.69 Å². The molecule has 0 radical (unpaired) electrons. The molecule has 0 bridgehead atoms. The topological polar surface area (TPSA) is 51.0 Å². The van der Waals surface area contributed by atoms with Gasteiger partial charge in [-0.25, -0.2) is 9.67 Å². The van der Waals surface area contributed by atoms with E-state index in [4.69, 9.17) is 4.98 Å². The fourth-order valence-electron chi connectivity index (χ4n) is 4.85. The molecule has 2 heterocycles. The minimum absolute atomic E-state index is 0.0408. The summed E-state index contributed by atoms with van der Waals surface area (Å²) in [5, 5.41) is 4.65.